The van der Waals surface area contributed by atoms with E-state index in [1.54, 1.807) is 13.8 Å². The van der Waals surface area contributed by atoms with Crippen LogP contribution in [-0.4, -0.2) is 13.6 Å². The lowest BCUT2D eigenvalue weighted by Gasteiger charge is -2.03. The molecule has 0 radical (unpaired) electrons. The molecule has 0 unspecified atom stereocenters. The normalized spacial score (nSPS) is 11.4. The van der Waals surface area contributed by atoms with Gasteiger partial charge in [0.25, 0.3) is 0 Å². The maximum Gasteiger partial charge on any atom is 0.250 e. The first-order valence-electron chi connectivity index (χ1n) is 5.35. The minimum Gasteiger partial charge on any atom is -0.361 e. The summed E-state index contributed by atoms with van der Waals surface area (Å²) in [4.78, 5) is 0.359. The van der Waals surface area contributed by atoms with Crippen LogP contribution in [0.5, 0.6) is 0 Å². The Hall–Kier alpha value is -1.69. The van der Waals surface area contributed by atoms with Gasteiger partial charge in [0.15, 0.2) is 0 Å². The van der Waals surface area contributed by atoms with E-state index in [0.717, 1.165) is 16.9 Å². The van der Waals surface area contributed by atoms with Gasteiger partial charge in [-0.05, 0) is 26.0 Å². The van der Waals surface area contributed by atoms with Crippen molar-refractivity contribution in [3.8, 4) is 6.07 Å². The second-order valence-electron chi connectivity index (χ2n) is 3.86. The highest BCUT2D eigenvalue weighted by molar-refractivity contribution is 7.91. The van der Waals surface area contributed by atoms with Crippen LogP contribution >= 0.6 is 11.3 Å². The highest BCUT2D eigenvalue weighted by atomic mass is 32.2. The van der Waals surface area contributed by atoms with Crippen LogP contribution in [0.15, 0.2) is 20.9 Å². The molecule has 8 heteroatoms. The van der Waals surface area contributed by atoms with Gasteiger partial charge in [-0.2, -0.15) is 5.26 Å². The van der Waals surface area contributed by atoms with Gasteiger partial charge in [-0.3, -0.25) is 0 Å². The summed E-state index contributed by atoms with van der Waals surface area (Å²) < 4.78 is 31.6. The van der Waals surface area contributed by atoms with Gasteiger partial charge in [-0.15, -0.1) is 11.3 Å². The molecule has 2 aromatic heterocycles. The predicted molar refractivity (Wildman–Crippen MR) is 69.0 cm³/mol. The number of nitriles is 1. The van der Waals surface area contributed by atoms with E-state index in [9.17, 15) is 8.42 Å². The first-order valence-corrected chi connectivity index (χ1v) is 7.65. The van der Waals surface area contributed by atoms with Crippen LogP contribution in [-0.2, 0) is 16.6 Å². The average Bonchev–Trinajstić information content (AvgIpc) is 2.96. The summed E-state index contributed by atoms with van der Waals surface area (Å²) in [6.07, 6.45) is 0. The zero-order valence-electron chi connectivity index (χ0n) is 10.3. The van der Waals surface area contributed by atoms with Crippen LogP contribution in [0.1, 0.15) is 21.9 Å². The molecule has 0 saturated heterocycles. The molecule has 0 aromatic carbocycles. The zero-order valence-corrected chi connectivity index (χ0v) is 11.9. The lowest BCUT2D eigenvalue weighted by atomic mass is 10.2. The van der Waals surface area contributed by atoms with Crippen LogP contribution in [0.2, 0.25) is 0 Å². The molecule has 0 saturated carbocycles. The van der Waals surface area contributed by atoms with Gasteiger partial charge in [-0.25, -0.2) is 13.1 Å². The van der Waals surface area contributed by atoms with E-state index in [1.165, 1.54) is 12.1 Å². The van der Waals surface area contributed by atoms with Crippen molar-refractivity contribution in [3.05, 3.63) is 34.0 Å². The molecular weight excluding hydrogens is 286 g/mol. The quantitative estimate of drug-likeness (QED) is 0.926. The molecule has 2 aromatic rings. The molecule has 0 atom stereocenters. The molecule has 2 heterocycles. The molecule has 0 amide bonds. The number of rotatable bonds is 4. The number of aryl methyl sites for hydroxylation is 2. The second-order valence-corrected chi connectivity index (χ2v) is 6.94. The van der Waals surface area contributed by atoms with Crippen LogP contribution in [0.25, 0.3) is 0 Å². The highest BCUT2D eigenvalue weighted by Crippen LogP contribution is 2.21. The molecule has 0 fully saturated rings. The Kier molecular flexibility index (Phi) is 3.71. The van der Waals surface area contributed by atoms with Gasteiger partial charge in [0.2, 0.25) is 10.0 Å². The summed E-state index contributed by atoms with van der Waals surface area (Å²) in [5.74, 6) is 0.587. The summed E-state index contributed by atoms with van der Waals surface area (Å²) in [7, 11) is -3.61. The third kappa shape index (κ3) is 2.84. The topological polar surface area (TPSA) is 96.0 Å². The number of hydrogen-bond donors (Lipinski definition) is 1. The monoisotopic (exact) mass is 297 g/mol. The molecule has 1 N–H and O–H groups in total. The first-order chi connectivity index (χ1) is 8.94. The van der Waals surface area contributed by atoms with Crippen molar-refractivity contribution in [2.45, 2.75) is 24.6 Å². The molecular formula is C11H11N3O3S2. The minimum atomic E-state index is -3.61. The van der Waals surface area contributed by atoms with Crippen molar-refractivity contribution in [2.24, 2.45) is 0 Å². The molecule has 19 heavy (non-hydrogen) atoms. The van der Waals surface area contributed by atoms with E-state index in [0.29, 0.717) is 16.3 Å². The molecule has 0 spiro atoms. The molecule has 0 aliphatic heterocycles. The van der Waals surface area contributed by atoms with Crippen molar-refractivity contribution in [3.63, 3.8) is 0 Å². The number of sulfonamides is 1. The fourth-order valence-corrected chi connectivity index (χ4v) is 3.66. The standard InChI is InChI=1S/C11H11N3O3S2/c1-7-10(8(2)17-14-7)6-13-19(15,16)11-4-3-9(5-12)18-11/h3-4,13H,6H2,1-2H3. The van der Waals surface area contributed by atoms with Crippen LogP contribution in [0.4, 0.5) is 0 Å². The summed E-state index contributed by atoms with van der Waals surface area (Å²) in [5.41, 5.74) is 1.38. The number of nitrogens with zero attached hydrogens (tertiary/aromatic N) is 2. The number of hydrogen-bond acceptors (Lipinski definition) is 6. The summed E-state index contributed by atoms with van der Waals surface area (Å²) in [6, 6.07) is 4.81. The summed E-state index contributed by atoms with van der Waals surface area (Å²) in [5, 5.41) is 12.5. The summed E-state index contributed by atoms with van der Waals surface area (Å²) >= 11 is 0.935. The average molecular weight is 297 g/mol. The van der Waals surface area contributed by atoms with Gasteiger partial charge < -0.3 is 4.52 Å². The smallest absolute Gasteiger partial charge is 0.250 e. The van der Waals surface area contributed by atoms with E-state index in [1.807, 2.05) is 6.07 Å². The maximum absolute atomic E-state index is 12.0. The lowest BCUT2D eigenvalue weighted by molar-refractivity contribution is 0.392. The van der Waals surface area contributed by atoms with Gasteiger partial charge in [0, 0.05) is 12.1 Å². The molecule has 100 valence electrons. The maximum atomic E-state index is 12.0. The third-order valence-corrected chi connectivity index (χ3v) is 5.46. The number of aromatic nitrogens is 1. The zero-order chi connectivity index (χ0) is 14.0. The molecule has 0 bridgehead atoms. The fourth-order valence-electron chi connectivity index (χ4n) is 1.52. The Morgan fingerprint density at radius 2 is 2.21 bits per heavy atom. The number of thiophene rings is 1. The molecule has 0 aliphatic carbocycles. The second kappa shape index (κ2) is 5.13. The van der Waals surface area contributed by atoms with E-state index >= 15 is 0 Å². The van der Waals surface area contributed by atoms with Gasteiger partial charge in [0.05, 0.1) is 5.69 Å². The predicted octanol–water partition coefficient (Wildman–Crippen LogP) is 1.70. The van der Waals surface area contributed by atoms with Gasteiger partial charge in [0.1, 0.15) is 20.9 Å². The first kappa shape index (κ1) is 13.7. The Labute approximate surface area is 114 Å². The van der Waals surface area contributed by atoms with Gasteiger partial charge in [-0.1, -0.05) is 5.16 Å². The molecule has 0 aliphatic rings. The number of nitrogens with one attached hydrogen (secondary N) is 1. The van der Waals surface area contributed by atoms with Gasteiger partial charge >= 0.3 is 0 Å². The largest absolute Gasteiger partial charge is 0.361 e. The van der Waals surface area contributed by atoms with Crippen molar-refractivity contribution in [1.29, 1.82) is 5.26 Å². The molecule has 6 nitrogen and oxygen atoms in total. The third-order valence-electron chi connectivity index (χ3n) is 2.58. The Balaban J connectivity index is 2.17. The SMILES string of the molecule is Cc1noc(C)c1CNS(=O)(=O)c1ccc(C#N)s1. The molecule has 2 rings (SSSR count). The minimum absolute atomic E-state index is 0.114. The fraction of sp³-hybridized carbons (Fsp3) is 0.273. The van der Waals surface area contributed by atoms with Crippen molar-refractivity contribution >= 4 is 21.4 Å². The van der Waals surface area contributed by atoms with Crippen molar-refractivity contribution < 1.29 is 12.9 Å². The Bertz CT molecular complexity index is 718. The van der Waals surface area contributed by atoms with Crippen molar-refractivity contribution in [1.82, 2.24) is 9.88 Å². The van der Waals surface area contributed by atoms with E-state index in [-0.39, 0.29) is 10.8 Å². The van der Waals surface area contributed by atoms with Crippen LogP contribution in [0.3, 0.4) is 0 Å². The Morgan fingerprint density at radius 1 is 1.47 bits per heavy atom. The Morgan fingerprint density at radius 3 is 2.74 bits per heavy atom. The van der Waals surface area contributed by atoms with E-state index in [2.05, 4.69) is 9.88 Å². The van der Waals surface area contributed by atoms with E-state index < -0.39 is 10.0 Å². The van der Waals surface area contributed by atoms with E-state index in [4.69, 9.17) is 9.78 Å². The van der Waals surface area contributed by atoms with Crippen LogP contribution < -0.4 is 4.72 Å². The lowest BCUT2D eigenvalue weighted by Crippen LogP contribution is -2.22. The summed E-state index contributed by atoms with van der Waals surface area (Å²) in [6.45, 7) is 3.59. The highest BCUT2D eigenvalue weighted by Gasteiger charge is 2.18. The van der Waals surface area contributed by atoms with Crippen LogP contribution in [0, 0.1) is 25.2 Å². The van der Waals surface area contributed by atoms with Crippen molar-refractivity contribution in [2.75, 3.05) is 0 Å².